The van der Waals surface area contributed by atoms with Gasteiger partial charge in [0.1, 0.15) is 15.9 Å². The molecule has 18 heavy (non-hydrogen) atoms. The van der Waals surface area contributed by atoms with E-state index >= 15 is 0 Å². The number of carbonyl (C=O) groups is 2. The molecule has 0 aliphatic rings. The van der Waals surface area contributed by atoms with E-state index in [4.69, 9.17) is 5.11 Å². The van der Waals surface area contributed by atoms with Crippen molar-refractivity contribution in [2.24, 2.45) is 0 Å². The standard InChI is InChI=1S/C9H12N2O6S/c1-18(15,16)5-3-6(9(13)14)11-8(12)7-2-4-10-17-7/h2,4,6H,3,5H2,1H3,(H,11,12)(H,13,14). The molecule has 1 atom stereocenters. The average Bonchev–Trinajstić information content (AvgIpc) is 2.75. The minimum atomic E-state index is -3.29. The molecular formula is C9H12N2O6S. The zero-order valence-corrected chi connectivity index (χ0v) is 10.3. The average molecular weight is 276 g/mol. The van der Waals surface area contributed by atoms with Crippen molar-refractivity contribution in [3.8, 4) is 0 Å². The Kier molecular flexibility index (Phi) is 4.43. The fourth-order valence-corrected chi connectivity index (χ4v) is 1.82. The summed E-state index contributed by atoms with van der Waals surface area (Å²) in [5, 5.41) is 14.3. The Bertz CT molecular complexity index is 521. The van der Waals surface area contributed by atoms with E-state index in [9.17, 15) is 18.0 Å². The summed E-state index contributed by atoms with van der Waals surface area (Å²) in [4.78, 5) is 22.4. The van der Waals surface area contributed by atoms with Crippen LogP contribution in [0.15, 0.2) is 16.8 Å². The molecule has 0 spiro atoms. The van der Waals surface area contributed by atoms with Gasteiger partial charge in [-0.3, -0.25) is 4.79 Å². The molecule has 0 saturated heterocycles. The van der Waals surface area contributed by atoms with Crippen LogP contribution in [0.1, 0.15) is 17.0 Å². The highest BCUT2D eigenvalue weighted by atomic mass is 32.2. The van der Waals surface area contributed by atoms with Crippen LogP contribution in [0.2, 0.25) is 0 Å². The summed E-state index contributed by atoms with van der Waals surface area (Å²) in [6.07, 6.45) is 2.01. The largest absolute Gasteiger partial charge is 0.480 e. The molecule has 0 fully saturated rings. The molecule has 0 bridgehead atoms. The first-order valence-electron chi connectivity index (χ1n) is 4.91. The second-order valence-corrected chi connectivity index (χ2v) is 5.92. The van der Waals surface area contributed by atoms with Crippen LogP contribution in [-0.2, 0) is 14.6 Å². The number of nitrogens with one attached hydrogen (secondary N) is 1. The lowest BCUT2D eigenvalue weighted by molar-refractivity contribution is -0.139. The molecule has 1 aromatic heterocycles. The van der Waals surface area contributed by atoms with E-state index in [1.165, 1.54) is 12.3 Å². The van der Waals surface area contributed by atoms with Crippen molar-refractivity contribution in [3.05, 3.63) is 18.0 Å². The summed E-state index contributed by atoms with van der Waals surface area (Å²) in [5.41, 5.74) is 0. The fourth-order valence-electron chi connectivity index (χ4n) is 1.15. The monoisotopic (exact) mass is 276 g/mol. The van der Waals surface area contributed by atoms with Crippen LogP contribution in [-0.4, -0.2) is 48.6 Å². The summed E-state index contributed by atoms with van der Waals surface area (Å²) in [5.74, 6) is -2.54. The zero-order valence-electron chi connectivity index (χ0n) is 9.49. The van der Waals surface area contributed by atoms with Crippen molar-refractivity contribution in [1.29, 1.82) is 0 Å². The molecule has 8 nitrogen and oxygen atoms in total. The molecule has 2 N–H and O–H groups in total. The number of hydrogen-bond donors (Lipinski definition) is 2. The number of nitrogens with zero attached hydrogens (tertiary/aromatic N) is 1. The first-order valence-corrected chi connectivity index (χ1v) is 6.98. The van der Waals surface area contributed by atoms with E-state index in [1.54, 1.807) is 0 Å². The molecule has 1 aromatic rings. The van der Waals surface area contributed by atoms with Gasteiger partial charge in [0.25, 0.3) is 5.91 Å². The molecule has 0 radical (unpaired) electrons. The van der Waals surface area contributed by atoms with Gasteiger partial charge in [-0.05, 0) is 6.42 Å². The van der Waals surface area contributed by atoms with Crippen molar-refractivity contribution in [3.63, 3.8) is 0 Å². The summed E-state index contributed by atoms with van der Waals surface area (Å²) in [6.45, 7) is 0. The van der Waals surface area contributed by atoms with Crippen LogP contribution in [0, 0.1) is 0 Å². The Balaban J connectivity index is 2.64. The number of rotatable bonds is 6. The van der Waals surface area contributed by atoms with Gasteiger partial charge in [-0.2, -0.15) is 0 Å². The number of sulfone groups is 1. The van der Waals surface area contributed by atoms with Gasteiger partial charge < -0.3 is 14.9 Å². The van der Waals surface area contributed by atoms with E-state index in [0.29, 0.717) is 0 Å². The summed E-state index contributed by atoms with van der Waals surface area (Å²) in [7, 11) is -3.29. The van der Waals surface area contributed by atoms with Gasteiger partial charge in [0, 0.05) is 12.3 Å². The normalized spacial score (nSPS) is 12.9. The van der Waals surface area contributed by atoms with E-state index in [1.807, 2.05) is 0 Å². The van der Waals surface area contributed by atoms with Gasteiger partial charge >= 0.3 is 5.97 Å². The number of amides is 1. The number of aliphatic carboxylic acids is 1. The molecule has 9 heteroatoms. The van der Waals surface area contributed by atoms with Crippen LogP contribution < -0.4 is 5.32 Å². The minimum Gasteiger partial charge on any atom is -0.480 e. The quantitative estimate of drug-likeness (QED) is 0.702. The van der Waals surface area contributed by atoms with Crippen molar-refractivity contribution in [2.45, 2.75) is 12.5 Å². The molecule has 0 aliphatic carbocycles. The second-order valence-electron chi connectivity index (χ2n) is 3.66. The fraction of sp³-hybridized carbons (Fsp3) is 0.444. The van der Waals surface area contributed by atoms with Crippen LogP contribution in [0.4, 0.5) is 0 Å². The molecule has 1 amide bonds. The highest BCUT2D eigenvalue weighted by molar-refractivity contribution is 7.90. The van der Waals surface area contributed by atoms with Gasteiger partial charge in [0.2, 0.25) is 5.76 Å². The number of carboxylic acids is 1. The molecule has 1 unspecified atom stereocenters. The van der Waals surface area contributed by atoms with Crippen LogP contribution >= 0.6 is 0 Å². The third kappa shape index (κ3) is 4.53. The first kappa shape index (κ1) is 14.2. The van der Waals surface area contributed by atoms with E-state index in [0.717, 1.165) is 6.26 Å². The summed E-state index contributed by atoms with van der Waals surface area (Å²) < 4.78 is 26.4. The van der Waals surface area contributed by atoms with Crippen molar-refractivity contribution in [2.75, 3.05) is 12.0 Å². The highest BCUT2D eigenvalue weighted by Crippen LogP contribution is 2.01. The lowest BCUT2D eigenvalue weighted by Gasteiger charge is -2.12. The molecule has 0 saturated carbocycles. The van der Waals surface area contributed by atoms with Gasteiger partial charge in [0.15, 0.2) is 0 Å². The number of carboxylic acid groups (broad SMARTS) is 1. The zero-order chi connectivity index (χ0) is 13.8. The third-order valence-electron chi connectivity index (χ3n) is 2.04. The van der Waals surface area contributed by atoms with E-state index in [2.05, 4.69) is 15.0 Å². The lowest BCUT2D eigenvalue weighted by atomic mass is 10.2. The van der Waals surface area contributed by atoms with Crippen molar-refractivity contribution >= 4 is 21.7 Å². The first-order chi connectivity index (χ1) is 8.29. The maximum atomic E-state index is 11.5. The Labute approximate surface area is 103 Å². The van der Waals surface area contributed by atoms with Crippen molar-refractivity contribution in [1.82, 2.24) is 10.5 Å². The Morgan fingerprint density at radius 3 is 2.67 bits per heavy atom. The third-order valence-corrected chi connectivity index (χ3v) is 3.02. The lowest BCUT2D eigenvalue weighted by Crippen LogP contribution is -2.41. The smallest absolute Gasteiger partial charge is 0.326 e. The van der Waals surface area contributed by atoms with Crippen LogP contribution in [0.3, 0.4) is 0 Å². The van der Waals surface area contributed by atoms with E-state index in [-0.39, 0.29) is 17.9 Å². The summed E-state index contributed by atoms with van der Waals surface area (Å²) in [6, 6.07) is -0.0255. The predicted octanol–water partition coefficient (Wildman–Crippen LogP) is -0.708. The molecular weight excluding hydrogens is 264 g/mol. The van der Waals surface area contributed by atoms with E-state index < -0.39 is 27.8 Å². The topological polar surface area (TPSA) is 127 Å². The number of carbonyl (C=O) groups excluding carboxylic acids is 1. The molecule has 0 aromatic carbocycles. The van der Waals surface area contributed by atoms with Crippen LogP contribution in [0.5, 0.6) is 0 Å². The highest BCUT2D eigenvalue weighted by Gasteiger charge is 2.23. The molecule has 1 heterocycles. The second kappa shape index (κ2) is 5.63. The number of hydrogen-bond acceptors (Lipinski definition) is 6. The predicted molar refractivity (Wildman–Crippen MR) is 59.7 cm³/mol. The molecule has 1 rings (SSSR count). The Morgan fingerprint density at radius 1 is 1.56 bits per heavy atom. The van der Waals surface area contributed by atoms with Crippen LogP contribution in [0.25, 0.3) is 0 Å². The van der Waals surface area contributed by atoms with Gasteiger partial charge in [-0.1, -0.05) is 5.16 Å². The molecule has 100 valence electrons. The Morgan fingerprint density at radius 2 is 2.22 bits per heavy atom. The molecule has 0 aliphatic heterocycles. The SMILES string of the molecule is CS(=O)(=O)CCC(NC(=O)c1ccno1)C(=O)O. The van der Waals surface area contributed by atoms with Gasteiger partial charge in [0.05, 0.1) is 11.9 Å². The number of aromatic nitrogens is 1. The maximum absolute atomic E-state index is 11.5. The minimum absolute atomic E-state index is 0.138. The Hall–Kier alpha value is -1.90. The van der Waals surface area contributed by atoms with Crippen molar-refractivity contribution < 1.29 is 27.6 Å². The van der Waals surface area contributed by atoms with Gasteiger partial charge in [-0.25, -0.2) is 13.2 Å². The van der Waals surface area contributed by atoms with Gasteiger partial charge in [-0.15, -0.1) is 0 Å². The maximum Gasteiger partial charge on any atom is 0.326 e. The summed E-state index contributed by atoms with van der Waals surface area (Å²) >= 11 is 0.